The highest BCUT2D eigenvalue weighted by Crippen LogP contribution is 1.99. The van der Waals surface area contributed by atoms with Gasteiger partial charge < -0.3 is 9.73 Å². The van der Waals surface area contributed by atoms with E-state index >= 15 is 0 Å². The number of nitrogens with zero attached hydrogens (tertiary/aromatic N) is 3. The van der Waals surface area contributed by atoms with Crippen LogP contribution in [0, 0.1) is 0 Å². The Kier molecular flexibility index (Phi) is 3.14. The minimum Gasteiger partial charge on any atom is -0.469 e. The zero-order valence-electron chi connectivity index (χ0n) is 8.68. The molecule has 0 bridgehead atoms. The van der Waals surface area contributed by atoms with Crippen LogP contribution in [0.4, 0.5) is 0 Å². The number of hydrogen-bond donors (Lipinski definition) is 1. The quantitative estimate of drug-likeness (QED) is 0.733. The van der Waals surface area contributed by atoms with Gasteiger partial charge in [0.25, 0.3) is 0 Å². The fourth-order valence-electron chi connectivity index (χ4n) is 1.36. The van der Waals surface area contributed by atoms with Gasteiger partial charge in [-0.25, -0.2) is 0 Å². The summed E-state index contributed by atoms with van der Waals surface area (Å²) in [5, 5.41) is 11.1. The van der Waals surface area contributed by atoms with E-state index in [1.54, 1.807) is 10.9 Å². The normalized spacial score (nSPS) is 10.7. The summed E-state index contributed by atoms with van der Waals surface area (Å²) in [5.74, 6) is 1.00. The van der Waals surface area contributed by atoms with Crippen LogP contribution in [0.5, 0.6) is 0 Å². The van der Waals surface area contributed by atoms with Gasteiger partial charge in [0.2, 0.25) is 0 Å². The van der Waals surface area contributed by atoms with Gasteiger partial charge in [-0.15, -0.1) is 5.10 Å². The van der Waals surface area contributed by atoms with E-state index in [2.05, 4.69) is 15.6 Å². The van der Waals surface area contributed by atoms with Crippen LogP contribution in [0.15, 0.2) is 29.0 Å². The first-order valence-electron chi connectivity index (χ1n) is 4.93. The van der Waals surface area contributed by atoms with Gasteiger partial charge in [0.15, 0.2) is 0 Å². The van der Waals surface area contributed by atoms with Crippen LogP contribution in [-0.2, 0) is 20.0 Å². The lowest BCUT2D eigenvalue weighted by atomic mass is 10.3. The van der Waals surface area contributed by atoms with Gasteiger partial charge in [0.1, 0.15) is 5.76 Å². The number of aryl methyl sites for hydroxylation is 1. The molecule has 15 heavy (non-hydrogen) atoms. The summed E-state index contributed by atoms with van der Waals surface area (Å²) in [6, 6.07) is 3.88. The van der Waals surface area contributed by atoms with Gasteiger partial charge in [-0.3, -0.25) is 4.68 Å². The zero-order chi connectivity index (χ0) is 10.5. The molecule has 0 unspecified atom stereocenters. The van der Waals surface area contributed by atoms with Gasteiger partial charge >= 0.3 is 0 Å². The average Bonchev–Trinajstić information content (AvgIpc) is 2.84. The van der Waals surface area contributed by atoms with Gasteiger partial charge in [0, 0.05) is 32.8 Å². The van der Waals surface area contributed by atoms with Crippen molar-refractivity contribution in [1.82, 2.24) is 20.3 Å². The lowest BCUT2D eigenvalue weighted by molar-refractivity contribution is 0.498. The summed E-state index contributed by atoms with van der Waals surface area (Å²) >= 11 is 0. The molecule has 0 spiro atoms. The molecule has 2 heterocycles. The Balaban J connectivity index is 1.67. The molecular formula is C10H14N4O. The molecule has 0 saturated carbocycles. The molecule has 2 aromatic heterocycles. The molecule has 0 atom stereocenters. The van der Waals surface area contributed by atoms with Gasteiger partial charge in [0.05, 0.1) is 12.0 Å². The molecule has 1 N–H and O–H groups in total. The molecule has 2 aromatic rings. The molecule has 5 heteroatoms. The highest BCUT2D eigenvalue weighted by molar-refractivity contribution is 4.98. The molecule has 0 aromatic carbocycles. The summed E-state index contributed by atoms with van der Waals surface area (Å²) in [4.78, 5) is 0. The highest BCUT2D eigenvalue weighted by atomic mass is 16.3. The molecule has 0 aliphatic heterocycles. The Hall–Kier alpha value is -1.62. The second-order valence-electron chi connectivity index (χ2n) is 3.39. The number of rotatable bonds is 5. The van der Waals surface area contributed by atoms with Crippen molar-refractivity contribution in [2.24, 2.45) is 7.05 Å². The number of furan rings is 1. The van der Waals surface area contributed by atoms with Crippen LogP contribution < -0.4 is 5.32 Å². The van der Waals surface area contributed by atoms with Crippen molar-refractivity contribution >= 4 is 0 Å². The maximum absolute atomic E-state index is 5.22. The molecule has 0 saturated heterocycles. The molecule has 5 nitrogen and oxygen atoms in total. The number of nitrogens with one attached hydrogen (secondary N) is 1. The largest absolute Gasteiger partial charge is 0.469 e. The Morgan fingerprint density at radius 1 is 1.53 bits per heavy atom. The molecule has 0 fully saturated rings. The van der Waals surface area contributed by atoms with Gasteiger partial charge in [-0.1, -0.05) is 5.21 Å². The smallest absolute Gasteiger partial charge is 0.105 e. The third-order valence-corrected chi connectivity index (χ3v) is 2.08. The maximum atomic E-state index is 5.22. The van der Waals surface area contributed by atoms with E-state index in [1.165, 1.54) is 0 Å². The topological polar surface area (TPSA) is 55.9 Å². The highest BCUT2D eigenvalue weighted by Gasteiger charge is 1.98. The van der Waals surface area contributed by atoms with Crippen molar-refractivity contribution in [3.8, 4) is 0 Å². The van der Waals surface area contributed by atoms with Crippen molar-refractivity contribution in [1.29, 1.82) is 0 Å². The first kappa shape index (κ1) is 9.92. The van der Waals surface area contributed by atoms with E-state index in [0.717, 1.165) is 31.0 Å². The zero-order valence-corrected chi connectivity index (χ0v) is 8.68. The minimum absolute atomic E-state index is 0.745. The van der Waals surface area contributed by atoms with Crippen LogP contribution in [0.3, 0.4) is 0 Å². The molecule has 0 amide bonds. The van der Waals surface area contributed by atoms with Crippen LogP contribution in [0.2, 0.25) is 0 Å². The van der Waals surface area contributed by atoms with Crippen molar-refractivity contribution < 1.29 is 4.42 Å². The standard InChI is InChI=1S/C10H14N4O/c1-14-8-9(12-13-14)7-11-5-4-10-3-2-6-15-10/h2-3,6,8,11H,4-5,7H2,1H3. The molecular weight excluding hydrogens is 192 g/mol. The number of hydrogen-bond acceptors (Lipinski definition) is 4. The SMILES string of the molecule is Cn1cc(CNCCc2ccco2)nn1. The van der Waals surface area contributed by atoms with E-state index in [1.807, 2.05) is 25.4 Å². The number of aromatic nitrogens is 3. The van der Waals surface area contributed by atoms with Crippen LogP contribution in [0.1, 0.15) is 11.5 Å². The molecule has 0 radical (unpaired) electrons. The molecule has 2 rings (SSSR count). The first-order chi connectivity index (χ1) is 7.34. The predicted octanol–water partition coefficient (Wildman–Crippen LogP) is 0.740. The fourth-order valence-corrected chi connectivity index (χ4v) is 1.36. The molecule has 80 valence electrons. The van der Waals surface area contributed by atoms with Crippen molar-refractivity contribution in [2.75, 3.05) is 6.54 Å². The summed E-state index contributed by atoms with van der Waals surface area (Å²) < 4.78 is 6.92. The summed E-state index contributed by atoms with van der Waals surface area (Å²) in [7, 11) is 1.86. The Labute approximate surface area is 88.1 Å². The van der Waals surface area contributed by atoms with E-state index in [0.29, 0.717) is 0 Å². The third kappa shape index (κ3) is 2.92. The van der Waals surface area contributed by atoms with Crippen LogP contribution in [0.25, 0.3) is 0 Å². The van der Waals surface area contributed by atoms with E-state index in [9.17, 15) is 0 Å². The van der Waals surface area contributed by atoms with E-state index in [-0.39, 0.29) is 0 Å². The lowest BCUT2D eigenvalue weighted by Crippen LogP contribution is -2.16. The summed E-state index contributed by atoms with van der Waals surface area (Å²) in [6.45, 7) is 1.62. The second kappa shape index (κ2) is 4.75. The first-order valence-corrected chi connectivity index (χ1v) is 4.93. The second-order valence-corrected chi connectivity index (χ2v) is 3.39. The third-order valence-electron chi connectivity index (χ3n) is 2.08. The van der Waals surface area contributed by atoms with Crippen LogP contribution >= 0.6 is 0 Å². The average molecular weight is 206 g/mol. The fraction of sp³-hybridized carbons (Fsp3) is 0.400. The van der Waals surface area contributed by atoms with Crippen molar-refractivity contribution in [2.45, 2.75) is 13.0 Å². The molecule has 0 aliphatic carbocycles. The van der Waals surface area contributed by atoms with E-state index < -0.39 is 0 Å². The van der Waals surface area contributed by atoms with Crippen molar-refractivity contribution in [3.05, 3.63) is 36.0 Å². The Morgan fingerprint density at radius 2 is 2.47 bits per heavy atom. The Bertz CT molecular complexity index is 393. The molecule has 0 aliphatic rings. The maximum Gasteiger partial charge on any atom is 0.105 e. The van der Waals surface area contributed by atoms with Gasteiger partial charge in [-0.2, -0.15) is 0 Å². The monoisotopic (exact) mass is 206 g/mol. The van der Waals surface area contributed by atoms with Crippen LogP contribution in [-0.4, -0.2) is 21.5 Å². The minimum atomic E-state index is 0.745. The lowest BCUT2D eigenvalue weighted by Gasteiger charge is -1.99. The Morgan fingerprint density at radius 3 is 3.13 bits per heavy atom. The summed E-state index contributed by atoms with van der Waals surface area (Å²) in [6.07, 6.45) is 4.49. The van der Waals surface area contributed by atoms with Crippen molar-refractivity contribution in [3.63, 3.8) is 0 Å². The van der Waals surface area contributed by atoms with E-state index in [4.69, 9.17) is 4.42 Å². The van der Waals surface area contributed by atoms with Gasteiger partial charge in [-0.05, 0) is 12.1 Å². The summed E-state index contributed by atoms with van der Waals surface area (Å²) in [5.41, 5.74) is 0.956. The predicted molar refractivity (Wildman–Crippen MR) is 55.1 cm³/mol.